The third-order valence-corrected chi connectivity index (χ3v) is 4.47. The Bertz CT molecular complexity index is 511. The maximum absolute atomic E-state index is 12.2. The first-order chi connectivity index (χ1) is 10.0. The van der Waals surface area contributed by atoms with E-state index in [0.717, 1.165) is 13.0 Å². The van der Waals surface area contributed by atoms with Crippen molar-refractivity contribution < 1.29 is 17.6 Å². The second-order valence-corrected chi connectivity index (χ2v) is 6.49. The summed E-state index contributed by atoms with van der Waals surface area (Å²) in [5.74, 6) is 1.05. The molecule has 7 heteroatoms. The number of aryl methyl sites for hydroxylation is 1. The van der Waals surface area contributed by atoms with Gasteiger partial charge in [-0.05, 0) is 33.2 Å². The van der Waals surface area contributed by atoms with Crippen LogP contribution >= 0.6 is 0 Å². The molecule has 0 aliphatic rings. The van der Waals surface area contributed by atoms with E-state index in [4.69, 9.17) is 9.15 Å². The van der Waals surface area contributed by atoms with Gasteiger partial charge in [-0.1, -0.05) is 6.92 Å². The highest BCUT2D eigenvalue weighted by atomic mass is 32.2. The highest BCUT2D eigenvalue weighted by Gasteiger charge is 2.20. The molecule has 0 bridgehead atoms. The van der Waals surface area contributed by atoms with Gasteiger partial charge in [-0.25, -0.2) is 13.1 Å². The largest absolute Gasteiger partial charge is 0.464 e. The number of ether oxygens (including phenoxy) is 1. The predicted octanol–water partition coefficient (Wildman–Crippen LogP) is 1.79. The molecule has 0 fully saturated rings. The first-order valence-electron chi connectivity index (χ1n) is 7.38. The Kier molecular flexibility index (Phi) is 7.95. The van der Waals surface area contributed by atoms with Gasteiger partial charge in [0.15, 0.2) is 0 Å². The van der Waals surface area contributed by atoms with Crippen LogP contribution in [0.25, 0.3) is 0 Å². The van der Waals surface area contributed by atoms with Gasteiger partial charge >= 0.3 is 0 Å². The van der Waals surface area contributed by atoms with Gasteiger partial charge in [0.2, 0.25) is 10.0 Å². The molecule has 21 heavy (non-hydrogen) atoms. The molecule has 2 N–H and O–H groups in total. The van der Waals surface area contributed by atoms with Crippen LogP contribution in [-0.2, 0) is 21.3 Å². The van der Waals surface area contributed by atoms with E-state index in [1.807, 2.05) is 6.92 Å². The Morgan fingerprint density at radius 1 is 1.29 bits per heavy atom. The summed E-state index contributed by atoms with van der Waals surface area (Å²) in [5.41, 5.74) is 0. The highest BCUT2D eigenvalue weighted by Crippen LogP contribution is 2.19. The molecule has 0 aliphatic heterocycles. The Morgan fingerprint density at radius 2 is 2.05 bits per heavy atom. The summed E-state index contributed by atoms with van der Waals surface area (Å²) in [4.78, 5) is 0.215. The highest BCUT2D eigenvalue weighted by molar-refractivity contribution is 7.89. The zero-order valence-corrected chi connectivity index (χ0v) is 13.9. The van der Waals surface area contributed by atoms with Crippen LogP contribution in [0.3, 0.4) is 0 Å². The SMILES string of the molecule is CCCNCc1cc(S(=O)(=O)NCCCOCC)c(C)o1. The molecule has 0 spiro atoms. The molecule has 1 rings (SSSR count). The lowest BCUT2D eigenvalue weighted by Gasteiger charge is -2.05. The van der Waals surface area contributed by atoms with E-state index in [-0.39, 0.29) is 4.90 Å². The molecule has 0 saturated heterocycles. The van der Waals surface area contributed by atoms with Crippen molar-refractivity contribution in [2.75, 3.05) is 26.3 Å². The number of hydrogen-bond acceptors (Lipinski definition) is 5. The average molecular weight is 318 g/mol. The van der Waals surface area contributed by atoms with Gasteiger partial charge in [0.1, 0.15) is 16.4 Å². The third-order valence-electron chi connectivity index (χ3n) is 2.90. The normalized spacial score (nSPS) is 12.0. The van der Waals surface area contributed by atoms with Crippen molar-refractivity contribution >= 4 is 10.0 Å². The molecule has 0 unspecified atom stereocenters. The van der Waals surface area contributed by atoms with Crippen LogP contribution in [0.1, 0.15) is 38.2 Å². The van der Waals surface area contributed by atoms with Crippen molar-refractivity contribution in [2.45, 2.75) is 45.1 Å². The van der Waals surface area contributed by atoms with Gasteiger partial charge in [-0.2, -0.15) is 0 Å². The second kappa shape index (κ2) is 9.19. The Morgan fingerprint density at radius 3 is 2.71 bits per heavy atom. The molecule has 0 atom stereocenters. The molecule has 0 amide bonds. The summed E-state index contributed by atoms with van der Waals surface area (Å²) < 4.78 is 37.6. The molecule has 0 radical (unpaired) electrons. The number of sulfonamides is 1. The van der Waals surface area contributed by atoms with E-state index in [9.17, 15) is 8.42 Å². The summed E-state index contributed by atoms with van der Waals surface area (Å²) in [5, 5.41) is 3.18. The van der Waals surface area contributed by atoms with E-state index in [2.05, 4.69) is 17.0 Å². The van der Waals surface area contributed by atoms with Gasteiger partial charge in [-0.15, -0.1) is 0 Å². The minimum atomic E-state index is -3.51. The van der Waals surface area contributed by atoms with Gasteiger partial charge in [-0.3, -0.25) is 0 Å². The third kappa shape index (κ3) is 6.17. The van der Waals surface area contributed by atoms with Crippen LogP contribution < -0.4 is 10.0 Å². The molecule has 122 valence electrons. The summed E-state index contributed by atoms with van der Waals surface area (Å²) in [6.07, 6.45) is 1.67. The van der Waals surface area contributed by atoms with Crippen LogP contribution in [0.4, 0.5) is 0 Å². The maximum atomic E-state index is 12.2. The quantitative estimate of drug-likeness (QED) is 0.608. The van der Waals surface area contributed by atoms with Crippen LogP contribution in [0.15, 0.2) is 15.4 Å². The summed E-state index contributed by atoms with van der Waals surface area (Å²) in [7, 11) is -3.51. The van der Waals surface area contributed by atoms with E-state index in [1.54, 1.807) is 13.0 Å². The van der Waals surface area contributed by atoms with Crippen LogP contribution in [-0.4, -0.2) is 34.7 Å². The minimum absolute atomic E-state index is 0.215. The van der Waals surface area contributed by atoms with Gasteiger partial charge in [0, 0.05) is 25.8 Å². The Hall–Kier alpha value is -0.890. The lowest BCUT2D eigenvalue weighted by atomic mass is 10.4. The smallest absolute Gasteiger partial charge is 0.244 e. The number of nitrogens with one attached hydrogen (secondary N) is 2. The molecule has 6 nitrogen and oxygen atoms in total. The fourth-order valence-electron chi connectivity index (χ4n) is 1.87. The molecule has 0 aromatic carbocycles. The molecule has 1 aromatic heterocycles. The molecule has 0 aliphatic carbocycles. The summed E-state index contributed by atoms with van der Waals surface area (Å²) >= 11 is 0. The van der Waals surface area contributed by atoms with Crippen molar-refractivity contribution in [3.05, 3.63) is 17.6 Å². The maximum Gasteiger partial charge on any atom is 0.244 e. The van der Waals surface area contributed by atoms with Crippen molar-refractivity contribution in [1.29, 1.82) is 0 Å². The van der Waals surface area contributed by atoms with Crippen molar-refractivity contribution in [1.82, 2.24) is 10.0 Å². The first-order valence-corrected chi connectivity index (χ1v) is 8.87. The molecule has 1 heterocycles. The fraction of sp³-hybridized carbons (Fsp3) is 0.714. The fourth-order valence-corrected chi connectivity index (χ4v) is 3.14. The average Bonchev–Trinajstić information content (AvgIpc) is 2.81. The number of furan rings is 1. The second-order valence-electron chi connectivity index (χ2n) is 4.76. The van der Waals surface area contributed by atoms with Crippen LogP contribution in [0.2, 0.25) is 0 Å². The van der Waals surface area contributed by atoms with Crippen LogP contribution in [0, 0.1) is 6.92 Å². The standard InChI is InChI=1S/C14H26N2O4S/c1-4-7-15-11-13-10-14(12(3)20-13)21(17,18)16-8-6-9-19-5-2/h10,15-16H,4-9,11H2,1-3H3. The topological polar surface area (TPSA) is 80.6 Å². The minimum Gasteiger partial charge on any atom is -0.464 e. The Labute approximate surface area is 127 Å². The monoisotopic (exact) mass is 318 g/mol. The van der Waals surface area contributed by atoms with Crippen LogP contribution in [0.5, 0.6) is 0 Å². The van der Waals surface area contributed by atoms with Crippen molar-refractivity contribution in [3.63, 3.8) is 0 Å². The predicted molar refractivity (Wildman–Crippen MR) is 81.7 cm³/mol. The van der Waals surface area contributed by atoms with Crippen molar-refractivity contribution in [3.8, 4) is 0 Å². The van der Waals surface area contributed by atoms with E-state index in [1.165, 1.54) is 0 Å². The Balaban J connectivity index is 2.57. The zero-order chi connectivity index (χ0) is 15.7. The summed E-state index contributed by atoms with van der Waals surface area (Å²) in [6.45, 7) is 8.60. The van der Waals surface area contributed by atoms with Gasteiger partial charge in [0.05, 0.1) is 6.54 Å². The van der Waals surface area contributed by atoms with E-state index in [0.29, 0.717) is 44.2 Å². The number of hydrogen-bond donors (Lipinski definition) is 2. The molecule has 1 aromatic rings. The molecule has 0 saturated carbocycles. The summed E-state index contributed by atoms with van der Waals surface area (Å²) in [6, 6.07) is 1.59. The van der Waals surface area contributed by atoms with E-state index < -0.39 is 10.0 Å². The number of rotatable bonds is 11. The molecular weight excluding hydrogens is 292 g/mol. The lowest BCUT2D eigenvalue weighted by Crippen LogP contribution is -2.25. The van der Waals surface area contributed by atoms with Gasteiger partial charge < -0.3 is 14.5 Å². The van der Waals surface area contributed by atoms with Crippen molar-refractivity contribution in [2.24, 2.45) is 0 Å². The molecular formula is C14H26N2O4S. The lowest BCUT2D eigenvalue weighted by molar-refractivity contribution is 0.146. The van der Waals surface area contributed by atoms with E-state index >= 15 is 0 Å². The van der Waals surface area contributed by atoms with Gasteiger partial charge in [0.25, 0.3) is 0 Å². The zero-order valence-electron chi connectivity index (χ0n) is 13.1. The first kappa shape index (κ1) is 18.2.